The Labute approximate surface area is 201 Å². The molecule has 0 aliphatic carbocycles. The molecule has 2 aliphatic rings. The van der Waals surface area contributed by atoms with Crippen molar-refractivity contribution in [2.45, 2.75) is 13.8 Å². The van der Waals surface area contributed by atoms with E-state index < -0.39 is 0 Å². The van der Waals surface area contributed by atoms with E-state index in [2.05, 4.69) is 36.3 Å². The van der Waals surface area contributed by atoms with Crippen LogP contribution < -0.4 is 20.4 Å². The monoisotopic (exact) mass is 468 g/mol. The van der Waals surface area contributed by atoms with Gasteiger partial charge in [-0.25, -0.2) is 4.98 Å². The third-order valence-electron chi connectivity index (χ3n) is 6.38. The first-order valence-electron chi connectivity index (χ1n) is 12.3. The molecule has 3 heterocycles. The fraction of sp³-hybridized carbons (Fsp3) is 0.583. The number of aromatic nitrogens is 2. The van der Waals surface area contributed by atoms with Gasteiger partial charge in [0.05, 0.1) is 18.6 Å². The molecule has 0 atom stereocenters. The van der Waals surface area contributed by atoms with Crippen molar-refractivity contribution in [3.05, 3.63) is 24.3 Å². The molecule has 34 heavy (non-hydrogen) atoms. The van der Waals surface area contributed by atoms with Crippen LogP contribution in [0.15, 0.2) is 24.3 Å². The summed E-state index contributed by atoms with van der Waals surface area (Å²) in [6, 6.07) is 8.16. The number of hydrogen-bond donors (Lipinski definition) is 2. The Morgan fingerprint density at radius 3 is 1.85 bits per heavy atom. The highest BCUT2D eigenvalue weighted by molar-refractivity contribution is 5.90. The molecule has 2 amide bonds. The number of nitrogens with one attached hydrogen (secondary N) is 2. The Balaban J connectivity index is 1.45. The zero-order chi connectivity index (χ0) is 23.9. The van der Waals surface area contributed by atoms with E-state index in [0.29, 0.717) is 26.2 Å². The molecule has 2 saturated heterocycles. The summed E-state index contributed by atoms with van der Waals surface area (Å²) in [6.07, 6.45) is 0. The van der Waals surface area contributed by atoms with Gasteiger partial charge in [-0.3, -0.25) is 19.4 Å². The van der Waals surface area contributed by atoms with Crippen LogP contribution in [-0.2, 0) is 9.59 Å². The summed E-state index contributed by atoms with van der Waals surface area (Å²) in [7, 11) is 0. The van der Waals surface area contributed by atoms with Crippen LogP contribution in [0.2, 0.25) is 0 Å². The summed E-state index contributed by atoms with van der Waals surface area (Å²) in [6.45, 7) is 12.6. The molecule has 4 rings (SSSR count). The quantitative estimate of drug-likeness (QED) is 0.565. The molecule has 2 fully saturated rings. The van der Waals surface area contributed by atoms with Crippen molar-refractivity contribution >= 4 is 34.5 Å². The smallest absolute Gasteiger partial charge is 0.234 e. The van der Waals surface area contributed by atoms with E-state index in [1.54, 1.807) is 0 Å². The van der Waals surface area contributed by atoms with E-state index >= 15 is 0 Å². The Kier molecular flexibility index (Phi) is 8.12. The molecule has 0 saturated carbocycles. The molecule has 1 aromatic heterocycles. The van der Waals surface area contributed by atoms with Gasteiger partial charge in [0.1, 0.15) is 5.82 Å². The SMILES string of the molecule is CCNC(=O)CN1CCN(c2nc(N3CCN(CC(=O)NCC)CC3)c3ccccc3n2)CC1. The molecule has 10 nitrogen and oxygen atoms in total. The van der Waals surface area contributed by atoms with Gasteiger partial charge in [-0.05, 0) is 26.0 Å². The number of carbonyl (C=O) groups is 2. The van der Waals surface area contributed by atoms with Gasteiger partial charge < -0.3 is 20.4 Å². The molecule has 10 heteroatoms. The first kappa shape index (κ1) is 24.2. The van der Waals surface area contributed by atoms with Crippen LogP contribution in [0.4, 0.5) is 11.8 Å². The van der Waals surface area contributed by atoms with Crippen LogP contribution in [0.5, 0.6) is 0 Å². The highest BCUT2D eigenvalue weighted by Gasteiger charge is 2.25. The minimum atomic E-state index is 0.0755. The van der Waals surface area contributed by atoms with Crippen LogP contribution in [0, 0.1) is 0 Å². The Morgan fingerprint density at radius 1 is 0.765 bits per heavy atom. The first-order valence-corrected chi connectivity index (χ1v) is 12.3. The Hall–Kier alpha value is -2.98. The number of hydrogen-bond acceptors (Lipinski definition) is 8. The Bertz CT molecular complexity index is 984. The number of likely N-dealkylation sites (N-methyl/N-ethyl adjacent to an activating group) is 2. The van der Waals surface area contributed by atoms with Crippen molar-refractivity contribution < 1.29 is 9.59 Å². The minimum absolute atomic E-state index is 0.0755. The highest BCUT2D eigenvalue weighted by Crippen LogP contribution is 2.28. The second kappa shape index (κ2) is 11.4. The molecule has 0 bridgehead atoms. The summed E-state index contributed by atoms with van der Waals surface area (Å²) < 4.78 is 0. The zero-order valence-corrected chi connectivity index (χ0v) is 20.3. The van der Waals surface area contributed by atoms with Crippen molar-refractivity contribution in [3.8, 4) is 0 Å². The van der Waals surface area contributed by atoms with Gasteiger partial charge in [0.15, 0.2) is 0 Å². The highest BCUT2D eigenvalue weighted by atomic mass is 16.2. The predicted octanol–water partition coefficient (Wildman–Crippen LogP) is 0.146. The summed E-state index contributed by atoms with van der Waals surface area (Å²) in [5.74, 6) is 1.86. The molecule has 184 valence electrons. The maximum absolute atomic E-state index is 12.0. The number of piperazine rings is 2. The van der Waals surface area contributed by atoms with E-state index in [0.717, 1.165) is 75.0 Å². The van der Waals surface area contributed by atoms with E-state index in [1.807, 2.05) is 32.0 Å². The Morgan fingerprint density at radius 2 is 1.29 bits per heavy atom. The topological polar surface area (TPSA) is 96.9 Å². The molecule has 0 unspecified atom stereocenters. The minimum Gasteiger partial charge on any atom is -0.355 e. The second-order valence-corrected chi connectivity index (χ2v) is 8.80. The molecule has 0 spiro atoms. The van der Waals surface area contributed by atoms with Crippen LogP contribution in [0.3, 0.4) is 0 Å². The number of benzene rings is 1. The normalized spacial score (nSPS) is 17.7. The van der Waals surface area contributed by atoms with Gasteiger partial charge in [-0.1, -0.05) is 12.1 Å². The van der Waals surface area contributed by atoms with Crippen LogP contribution in [0.1, 0.15) is 13.8 Å². The van der Waals surface area contributed by atoms with Gasteiger partial charge in [-0.15, -0.1) is 0 Å². The lowest BCUT2D eigenvalue weighted by atomic mass is 10.2. The maximum atomic E-state index is 12.0. The average molecular weight is 469 g/mol. The third-order valence-corrected chi connectivity index (χ3v) is 6.38. The number of rotatable bonds is 8. The van der Waals surface area contributed by atoms with E-state index in [1.165, 1.54) is 0 Å². The summed E-state index contributed by atoms with van der Waals surface area (Å²) in [5.41, 5.74) is 0.942. The first-order chi connectivity index (χ1) is 16.6. The standard InChI is InChI=1S/C24H36N8O2/c1-3-25-21(33)17-29-9-13-31(14-10-29)23-19-7-5-6-8-20(19)27-24(28-23)32-15-11-30(12-16-32)18-22(34)26-4-2/h5-8H,3-4,9-18H2,1-2H3,(H,25,33)(H,26,34). The van der Waals surface area contributed by atoms with Crippen molar-refractivity contribution in [2.75, 3.05) is 88.3 Å². The third kappa shape index (κ3) is 5.92. The van der Waals surface area contributed by atoms with Crippen molar-refractivity contribution in [2.24, 2.45) is 0 Å². The summed E-state index contributed by atoms with van der Waals surface area (Å²) >= 11 is 0. The maximum Gasteiger partial charge on any atom is 0.234 e. The van der Waals surface area contributed by atoms with Crippen molar-refractivity contribution in [3.63, 3.8) is 0 Å². The number of nitrogens with zero attached hydrogens (tertiary/aromatic N) is 6. The molecular weight excluding hydrogens is 432 g/mol. The van der Waals surface area contributed by atoms with Gasteiger partial charge in [-0.2, -0.15) is 4.98 Å². The second-order valence-electron chi connectivity index (χ2n) is 8.80. The molecule has 0 radical (unpaired) electrons. The molecule has 2 aliphatic heterocycles. The van der Waals surface area contributed by atoms with Crippen LogP contribution in [-0.4, -0.2) is 110 Å². The lowest BCUT2D eigenvalue weighted by molar-refractivity contribution is -0.123. The van der Waals surface area contributed by atoms with Gasteiger partial charge in [0.2, 0.25) is 17.8 Å². The molecule has 2 N–H and O–H groups in total. The van der Waals surface area contributed by atoms with E-state index in [9.17, 15) is 9.59 Å². The molecule has 2 aromatic rings. The zero-order valence-electron chi connectivity index (χ0n) is 20.3. The summed E-state index contributed by atoms with van der Waals surface area (Å²) in [4.78, 5) is 42.7. The van der Waals surface area contributed by atoms with Crippen molar-refractivity contribution in [1.29, 1.82) is 0 Å². The number of fused-ring (bicyclic) bond motifs is 1. The van der Waals surface area contributed by atoms with Crippen molar-refractivity contribution in [1.82, 2.24) is 30.4 Å². The number of anilines is 2. The van der Waals surface area contributed by atoms with Crippen LogP contribution >= 0.6 is 0 Å². The lowest BCUT2D eigenvalue weighted by Gasteiger charge is -2.37. The van der Waals surface area contributed by atoms with E-state index in [4.69, 9.17) is 9.97 Å². The van der Waals surface area contributed by atoms with E-state index in [-0.39, 0.29) is 11.8 Å². The van der Waals surface area contributed by atoms with Gasteiger partial charge >= 0.3 is 0 Å². The predicted molar refractivity (Wildman–Crippen MR) is 134 cm³/mol. The lowest BCUT2D eigenvalue weighted by Crippen LogP contribution is -2.50. The average Bonchev–Trinajstić information content (AvgIpc) is 2.84. The molecule has 1 aromatic carbocycles. The summed E-state index contributed by atoms with van der Waals surface area (Å²) in [5, 5.41) is 6.80. The largest absolute Gasteiger partial charge is 0.355 e. The fourth-order valence-electron chi connectivity index (χ4n) is 4.57. The van der Waals surface area contributed by atoms with Gasteiger partial charge in [0.25, 0.3) is 0 Å². The number of para-hydroxylation sites is 1. The number of amides is 2. The fourth-order valence-corrected chi connectivity index (χ4v) is 4.57. The van der Waals surface area contributed by atoms with Gasteiger partial charge in [0, 0.05) is 70.8 Å². The molecular formula is C24H36N8O2. The number of carbonyl (C=O) groups excluding carboxylic acids is 2. The van der Waals surface area contributed by atoms with Crippen LogP contribution in [0.25, 0.3) is 10.9 Å².